The lowest BCUT2D eigenvalue weighted by molar-refractivity contribution is -0.239. The second-order valence-electron chi connectivity index (χ2n) is 5.20. The largest absolute Gasteiger partial charge is 0.492 e. The van der Waals surface area contributed by atoms with Gasteiger partial charge in [-0.3, -0.25) is 4.89 Å². The lowest BCUT2D eigenvalue weighted by Crippen LogP contribution is -2.11. The minimum Gasteiger partial charge on any atom is -0.492 e. The van der Waals surface area contributed by atoms with Gasteiger partial charge in [-0.05, 0) is 35.0 Å². The van der Waals surface area contributed by atoms with Crippen LogP contribution in [0.25, 0.3) is 0 Å². The minimum atomic E-state index is -0.544. The molecule has 3 aromatic rings. The van der Waals surface area contributed by atoms with E-state index < -0.39 is 5.97 Å². The number of carbonyl (C=O) groups excluding carboxylic acids is 1. The van der Waals surface area contributed by atoms with E-state index in [0.717, 1.165) is 6.42 Å². The summed E-state index contributed by atoms with van der Waals surface area (Å²) in [6.45, 7) is 0.831. The minimum absolute atomic E-state index is 0.327. The summed E-state index contributed by atoms with van der Waals surface area (Å²) in [6.07, 6.45) is 1.52. The van der Waals surface area contributed by atoms with Crippen molar-refractivity contribution in [2.24, 2.45) is 0 Å². The Bertz CT molecular complexity index is 767. The number of ether oxygens (including phenoxy) is 1. The summed E-state index contributed by atoms with van der Waals surface area (Å²) in [5.74, 6) is -0.0381. The zero-order chi connectivity index (χ0) is 17.3. The van der Waals surface area contributed by atoms with Crippen molar-refractivity contribution in [3.8, 4) is 5.75 Å². The van der Waals surface area contributed by atoms with Crippen LogP contribution in [0.3, 0.4) is 0 Å². The Balaban J connectivity index is 1.47. The second-order valence-corrected chi connectivity index (χ2v) is 7.26. The predicted molar refractivity (Wildman–Crippen MR) is 99.4 cm³/mol. The van der Waals surface area contributed by atoms with Gasteiger partial charge in [0.15, 0.2) is 0 Å². The molecule has 6 heteroatoms. The molecule has 0 N–H and O–H groups in total. The highest BCUT2D eigenvalue weighted by Gasteiger charge is 2.15. The van der Waals surface area contributed by atoms with Crippen LogP contribution in [0.15, 0.2) is 59.3 Å². The fourth-order valence-electron chi connectivity index (χ4n) is 2.21. The van der Waals surface area contributed by atoms with Crippen molar-refractivity contribution in [1.82, 2.24) is 0 Å². The molecule has 2 aromatic heterocycles. The average Bonchev–Trinajstić information content (AvgIpc) is 3.33. The van der Waals surface area contributed by atoms with Gasteiger partial charge in [0.2, 0.25) is 0 Å². The predicted octanol–water partition coefficient (Wildman–Crippen LogP) is 4.76. The zero-order valence-corrected chi connectivity index (χ0v) is 15.2. The van der Waals surface area contributed by atoms with Crippen LogP contribution in [0.1, 0.15) is 20.1 Å². The van der Waals surface area contributed by atoms with E-state index in [0.29, 0.717) is 30.9 Å². The van der Waals surface area contributed by atoms with Gasteiger partial charge in [-0.15, -0.1) is 22.7 Å². The Hall–Kier alpha value is -2.15. The summed E-state index contributed by atoms with van der Waals surface area (Å²) < 4.78 is 5.75. The van der Waals surface area contributed by atoms with E-state index in [2.05, 4.69) is 6.07 Å². The molecule has 130 valence electrons. The maximum Gasteiger partial charge on any atom is 0.376 e. The molecule has 25 heavy (non-hydrogen) atoms. The van der Waals surface area contributed by atoms with Crippen LogP contribution in [0.5, 0.6) is 5.75 Å². The molecule has 0 saturated carbocycles. The van der Waals surface area contributed by atoms with E-state index in [4.69, 9.17) is 14.5 Å². The highest BCUT2D eigenvalue weighted by Crippen LogP contribution is 2.20. The van der Waals surface area contributed by atoms with Crippen LogP contribution in [-0.4, -0.2) is 19.2 Å². The van der Waals surface area contributed by atoms with Crippen molar-refractivity contribution >= 4 is 28.6 Å². The molecule has 1 aromatic carbocycles. The van der Waals surface area contributed by atoms with Gasteiger partial charge >= 0.3 is 5.97 Å². The van der Waals surface area contributed by atoms with E-state index in [-0.39, 0.29) is 0 Å². The summed E-state index contributed by atoms with van der Waals surface area (Å²) >= 11 is 3.34. The molecular formula is C19H18O4S2. The second kappa shape index (κ2) is 9.36. The topological polar surface area (TPSA) is 44.8 Å². The molecular weight excluding hydrogens is 356 g/mol. The first-order chi connectivity index (χ1) is 12.3. The molecule has 3 rings (SSSR count). The summed E-state index contributed by atoms with van der Waals surface area (Å²) in [5.41, 5.74) is 0.366. The Morgan fingerprint density at radius 1 is 0.840 bits per heavy atom. The van der Waals surface area contributed by atoms with Crippen molar-refractivity contribution in [3.63, 3.8) is 0 Å². The van der Waals surface area contributed by atoms with Gasteiger partial charge in [-0.1, -0.05) is 24.3 Å². The summed E-state index contributed by atoms with van der Waals surface area (Å²) in [5, 5.41) is 4.04. The number of para-hydroxylation sites is 1. The van der Waals surface area contributed by atoms with Gasteiger partial charge in [0, 0.05) is 22.6 Å². The maximum absolute atomic E-state index is 12.2. The molecule has 0 aliphatic rings. The first-order valence-corrected chi connectivity index (χ1v) is 9.69. The zero-order valence-electron chi connectivity index (χ0n) is 13.6. The van der Waals surface area contributed by atoms with Crippen molar-refractivity contribution in [3.05, 3.63) is 74.6 Å². The van der Waals surface area contributed by atoms with E-state index in [1.807, 2.05) is 35.0 Å². The molecule has 0 atom stereocenters. The highest BCUT2D eigenvalue weighted by atomic mass is 32.1. The molecule has 4 nitrogen and oxygen atoms in total. The Labute approximate surface area is 154 Å². The van der Waals surface area contributed by atoms with E-state index >= 15 is 0 Å². The maximum atomic E-state index is 12.2. The molecule has 0 fully saturated rings. The molecule has 0 amide bonds. The number of hydrogen-bond acceptors (Lipinski definition) is 6. The van der Waals surface area contributed by atoms with Crippen molar-refractivity contribution in [1.29, 1.82) is 0 Å². The number of rotatable bonds is 9. The van der Waals surface area contributed by atoms with Crippen LogP contribution in [0, 0.1) is 0 Å². The normalized spacial score (nSPS) is 10.6. The molecule has 0 unspecified atom stereocenters. The van der Waals surface area contributed by atoms with E-state index in [9.17, 15) is 4.79 Å². The lowest BCUT2D eigenvalue weighted by Gasteiger charge is -2.10. The fraction of sp³-hybridized carbons (Fsp3) is 0.211. The molecule has 0 aliphatic heterocycles. The van der Waals surface area contributed by atoms with E-state index in [1.165, 1.54) is 9.75 Å². The molecule has 0 radical (unpaired) electrons. The Morgan fingerprint density at radius 3 is 2.20 bits per heavy atom. The van der Waals surface area contributed by atoms with Gasteiger partial charge in [-0.2, -0.15) is 4.89 Å². The van der Waals surface area contributed by atoms with Crippen molar-refractivity contribution in [2.75, 3.05) is 13.2 Å². The van der Waals surface area contributed by atoms with Crippen LogP contribution in [0.2, 0.25) is 0 Å². The molecule has 0 bridgehead atoms. The highest BCUT2D eigenvalue weighted by molar-refractivity contribution is 7.10. The first kappa shape index (κ1) is 17.7. The quantitative estimate of drug-likeness (QED) is 0.308. The van der Waals surface area contributed by atoms with Crippen LogP contribution >= 0.6 is 22.7 Å². The Morgan fingerprint density at radius 2 is 1.52 bits per heavy atom. The van der Waals surface area contributed by atoms with Gasteiger partial charge < -0.3 is 4.74 Å². The van der Waals surface area contributed by atoms with Gasteiger partial charge in [0.1, 0.15) is 11.3 Å². The third-order valence-electron chi connectivity index (χ3n) is 3.44. The summed E-state index contributed by atoms with van der Waals surface area (Å²) in [4.78, 5) is 24.6. The SMILES string of the molecule is O=C(OOCCc1cccs1)c1ccccc1OCCc1cccs1. The van der Waals surface area contributed by atoms with Crippen molar-refractivity contribution in [2.45, 2.75) is 12.8 Å². The molecule has 0 aliphatic carbocycles. The smallest absolute Gasteiger partial charge is 0.376 e. The van der Waals surface area contributed by atoms with Gasteiger partial charge in [0.05, 0.1) is 13.2 Å². The number of carbonyl (C=O) groups is 1. The fourth-order valence-corrected chi connectivity index (χ4v) is 3.60. The third-order valence-corrected chi connectivity index (χ3v) is 5.31. The summed E-state index contributed by atoms with van der Waals surface area (Å²) in [6, 6.07) is 15.1. The standard InChI is InChI=1S/C19H18O4S2/c20-19(23-22-12-10-16-6-4-14-25-16)17-7-1-2-8-18(17)21-11-9-15-5-3-13-24-15/h1-8,13-14H,9-12H2. The lowest BCUT2D eigenvalue weighted by atomic mass is 10.2. The van der Waals surface area contributed by atoms with Crippen molar-refractivity contribution < 1.29 is 19.3 Å². The Kier molecular flexibility index (Phi) is 6.62. The van der Waals surface area contributed by atoms with Gasteiger partial charge in [-0.25, -0.2) is 4.79 Å². The van der Waals surface area contributed by atoms with E-state index in [1.54, 1.807) is 40.9 Å². The molecule has 0 saturated heterocycles. The monoisotopic (exact) mass is 374 g/mol. The number of hydrogen-bond donors (Lipinski definition) is 0. The van der Waals surface area contributed by atoms with Crippen LogP contribution < -0.4 is 4.74 Å². The van der Waals surface area contributed by atoms with Gasteiger partial charge in [0.25, 0.3) is 0 Å². The third kappa shape index (κ3) is 5.42. The van der Waals surface area contributed by atoms with Crippen LogP contribution in [-0.2, 0) is 22.6 Å². The number of thiophene rings is 2. The number of benzene rings is 1. The summed E-state index contributed by atoms with van der Waals surface area (Å²) in [7, 11) is 0. The first-order valence-electron chi connectivity index (χ1n) is 7.93. The average molecular weight is 374 g/mol. The van der Waals surface area contributed by atoms with Crippen LogP contribution in [0.4, 0.5) is 0 Å². The molecule has 0 spiro atoms. The molecule has 2 heterocycles.